The normalized spacial score (nSPS) is 15.8. The first kappa shape index (κ1) is 12.3. The molecular weight excluding hydrogens is 339 g/mol. The molecule has 6 heteroatoms. The van der Waals surface area contributed by atoms with Crippen molar-refractivity contribution in [2.75, 3.05) is 7.11 Å². The van der Waals surface area contributed by atoms with Gasteiger partial charge < -0.3 is 19.3 Å². The highest BCUT2D eigenvalue weighted by Crippen LogP contribution is 2.46. The van der Waals surface area contributed by atoms with Crippen LogP contribution >= 0.6 is 22.6 Å². The summed E-state index contributed by atoms with van der Waals surface area (Å²) in [4.78, 5) is 11.7. The fourth-order valence-electron chi connectivity index (χ4n) is 1.60. The molecule has 0 atom stereocenters. The molecule has 17 heavy (non-hydrogen) atoms. The number of esters is 1. The molecule has 0 bridgehead atoms. The van der Waals surface area contributed by atoms with Crippen LogP contribution in [0.5, 0.6) is 17.2 Å². The summed E-state index contributed by atoms with van der Waals surface area (Å²) in [6.45, 7) is 3.44. The van der Waals surface area contributed by atoms with Crippen molar-refractivity contribution in [3.8, 4) is 17.2 Å². The number of ether oxygens (including phenoxy) is 3. The van der Waals surface area contributed by atoms with Gasteiger partial charge in [0, 0.05) is 19.9 Å². The molecule has 92 valence electrons. The second kappa shape index (κ2) is 3.94. The summed E-state index contributed by atoms with van der Waals surface area (Å²) in [5, 5.41) is 9.73. The third kappa shape index (κ3) is 2.01. The van der Waals surface area contributed by atoms with Crippen LogP contribution in [0.2, 0.25) is 0 Å². The summed E-state index contributed by atoms with van der Waals surface area (Å²) in [6, 6.07) is 1.43. The zero-order valence-corrected chi connectivity index (χ0v) is 11.7. The maximum absolute atomic E-state index is 11.7. The minimum absolute atomic E-state index is 0.0361. The summed E-state index contributed by atoms with van der Waals surface area (Å²) in [5.41, 5.74) is 0.189. The number of phenolic OH excluding ortho intramolecular Hbond substituents is 1. The molecule has 1 N–H and O–H groups in total. The van der Waals surface area contributed by atoms with Crippen LogP contribution in [0.1, 0.15) is 24.2 Å². The van der Waals surface area contributed by atoms with E-state index in [1.807, 2.05) is 22.6 Å². The predicted molar refractivity (Wildman–Crippen MR) is 67.5 cm³/mol. The molecule has 1 aromatic carbocycles. The van der Waals surface area contributed by atoms with Crippen molar-refractivity contribution in [1.29, 1.82) is 0 Å². The number of phenols is 1. The first-order valence-corrected chi connectivity index (χ1v) is 5.95. The van der Waals surface area contributed by atoms with Crippen molar-refractivity contribution < 1.29 is 24.1 Å². The van der Waals surface area contributed by atoms with Gasteiger partial charge in [0.25, 0.3) is 0 Å². The minimum atomic E-state index is -0.859. The molecule has 1 heterocycles. The van der Waals surface area contributed by atoms with Crippen LogP contribution < -0.4 is 9.47 Å². The second-order valence-corrected chi connectivity index (χ2v) is 5.09. The van der Waals surface area contributed by atoms with Gasteiger partial charge in [-0.3, -0.25) is 0 Å². The number of carbonyl (C=O) groups is 1. The Hall–Kier alpha value is -1.18. The first-order valence-electron chi connectivity index (χ1n) is 4.87. The van der Waals surface area contributed by atoms with Crippen LogP contribution in [-0.2, 0) is 4.74 Å². The number of carbonyl (C=O) groups excluding carboxylic acids is 1. The average Bonchev–Trinajstić information content (AvgIpc) is 2.53. The van der Waals surface area contributed by atoms with Crippen LogP contribution in [0.4, 0.5) is 0 Å². The molecule has 0 spiro atoms. The van der Waals surface area contributed by atoms with Gasteiger partial charge in [-0.1, -0.05) is 0 Å². The molecule has 0 unspecified atom stereocenters. The van der Waals surface area contributed by atoms with Crippen molar-refractivity contribution in [1.82, 2.24) is 0 Å². The van der Waals surface area contributed by atoms with Crippen LogP contribution in [0, 0.1) is 3.57 Å². The fraction of sp³-hybridized carbons (Fsp3) is 0.364. The molecule has 0 saturated heterocycles. The lowest BCUT2D eigenvalue weighted by molar-refractivity contribution is -0.0435. The highest BCUT2D eigenvalue weighted by Gasteiger charge is 2.37. The van der Waals surface area contributed by atoms with E-state index < -0.39 is 11.8 Å². The van der Waals surface area contributed by atoms with Crippen LogP contribution in [-0.4, -0.2) is 24.0 Å². The van der Waals surface area contributed by atoms with Crippen LogP contribution in [0.3, 0.4) is 0 Å². The molecule has 1 aromatic rings. The summed E-state index contributed by atoms with van der Waals surface area (Å²) in [5.74, 6) is -0.812. The standard InChI is InChI=1S/C11H11IO5/c1-11(2)16-6-4-5(13)8(12)7(9(6)17-11)10(14)15-3/h4,13H,1-3H3. The van der Waals surface area contributed by atoms with Crippen molar-refractivity contribution in [2.24, 2.45) is 0 Å². The first-order chi connectivity index (χ1) is 7.85. The molecular formula is C11H11IO5. The van der Waals surface area contributed by atoms with E-state index in [-0.39, 0.29) is 11.3 Å². The van der Waals surface area contributed by atoms with E-state index in [2.05, 4.69) is 4.74 Å². The third-order valence-electron chi connectivity index (χ3n) is 2.26. The molecule has 0 aromatic heterocycles. The van der Waals surface area contributed by atoms with E-state index in [0.717, 1.165) is 0 Å². The molecule has 0 fully saturated rings. The Morgan fingerprint density at radius 1 is 1.47 bits per heavy atom. The van der Waals surface area contributed by atoms with Crippen LogP contribution in [0.25, 0.3) is 0 Å². The number of rotatable bonds is 1. The molecule has 2 rings (SSSR count). The van der Waals surface area contributed by atoms with Gasteiger partial charge in [-0.15, -0.1) is 0 Å². The Morgan fingerprint density at radius 2 is 2.12 bits per heavy atom. The zero-order chi connectivity index (χ0) is 12.8. The van der Waals surface area contributed by atoms with E-state index in [9.17, 15) is 9.90 Å². The highest BCUT2D eigenvalue weighted by atomic mass is 127. The van der Waals surface area contributed by atoms with Crippen LogP contribution in [0.15, 0.2) is 6.07 Å². The molecule has 0 amide bonds. The minimum Gasteiger partial charge on any atom is -0.507 e. The SMILES string of the molecule is COC(=O)c1c(I)c(O)cc2c1OC(C)(C)O2. The van der Waals surface area contributed by atoms with E-state index in [1.165, 1.54) is 13.2 Å². The van der Waals surface area contributed by atoms with Gasteiger partial charge >= 0.3 is 5.97 Å². The quantitative estimate of drug-likeness (QED) is 0.622. The van der Waals surface area contributed by atoms with Gasteiger partial charge in [-0.25, -0.2) is 4.79 Å². The number of aromatic hydroxyl groups is 1. The summed E-state index contributed by atoms with van der Waals surface area (Å²) in [7, 11) is 1.27. The monoisotopic (exact) mass is 350 g/mol. The highest BCUT2D eigenvalue weighted by molar-refractivity contribution is 14.1. The lowest BCUT2D eigenvalue weighted by Crippen LogP contribution is -2.30. The van der Waals surface area contributed by atoms with Crippen molar-refractivity contribution in [3.05, 3.63) is 15.2 Å². The Labute approximate surface area is 112 Å². The number of benzene rings is 1. The van der Waals surface area contributed by atoms with Crippen molar-refractivity contribution in [3.63, 3.8) is 0 Å². The topological polar surface area (TPSA) is 65.0 Å². The maximum Gasteiger partial charge on any atom is 0.343 e. The van der Waals surface area contributed by atoms with E-state index in [4.69, 9.17) is 9.47 Å². The number of fused-ring (bicyclic) bond motifs is 1. The van der Waals surface area contributed by atoms with E-state index in [1.54, 1.807) is 13.8 Å². The number of methoxy groups -OCH3 is 1. The lowest BCUT2D eigenvalue weighted by Gasteiger charge is -2.16. The van der Waals surface area contributed by atoms with Gasteiger partial charge in [0.1, 0.15) is 11.3 Å². The number of halogens is 1. The maximum atomic E-state index is 11.7. The largest absolute Gasteiger partial charge is 0.507 e. The van der Waals surface area contributed by atoms with Gasteiger partial charge in [-0.2, -0.15) is 0 Å². The Balaban J connectivity index is 2.64. The molecule has 0 saturated carbocycles. The molecule has 1 aliphatic rings. The third-order valence-corrected chi connectivity index (χ3v) is 3.35. The van der Waals surface area contributed by atoms with E-state index in [0.29, 0.717) is 15.1 Å². The Kier molecular flexibility index (Phi) is 2.84. The smallest absolute Gasteiger partial charge is 0.343 e. The summed E-state index contributed by atoms with van der Waals surface area (Å²) < 4.78 is 16.1. The number of hydrogen-bond acceptors (Lipinski definition) is 5. The summed E-state index contributed by atoms with van der Waals surface area (Å²) >= 11 is 1.86. The molecule has 0 radical (unpaired) electrons. The summed E-state index contributed by atoms with van der Waals surface area (Å²) in [6.07, 6.45) is 0. The zero-order valence-electron chi connectivity index (χ0n) is 9.54. The second-order valence-electron chi connectivity index (χ2n) is 4.01. The van der Waals surface area contributed by atoms with Gasteiger partial charge in [0.15, 0.2) is 11.5 Å². The van der Waals surface area contributed by atoms with Crippen molar-refractivity contribution in [2.45, 2.75) is 19.6 Å². The number of hydrogen-bond donors (Lipinski definition) is 1. The lowest BCUT2D eigenvalue weighted by atomic mass is 10.2. The molecule has 5 nitrogen and oxygen atoms in total. The van der Waals surface area contributed by atoms with E-state index >= 15 is 0 Å². The fourth-order valence-corrected chi connectivity index (χ4v) is 2.22. The Morgan fingerprint density at radius 3 is 2.71 bits per heavy atom. The molecule has 0 aliphatic carbocycles. The van der Waals surface area contributed by atoms with Crippen molar-refractivity contribution >= 4 is 28.6 Å². The van der Waals surface area contributed by atoms with Gasteiger partial charge in [0.2, 0.25) is 5.79 Å². The van der Waals surface area contributed by atoms with Gasteiger partial charge in [0.05, 0.1) is 10.7 Å². The Bertz CT molecular complexity index is 495. The average molecular weight is 350 g/mol. The molecule has 1 aliphatic heterocycles. The predicted octanol–water partition coefficient (Wildman–Crippen LogP) is 2.29. The van der Waals surface area contributed by atoms with Gasteiger partial charge in [-0.05, 0) is 22.6 Å².